The zero-order chi connectivity index (χ0) is 18.6. The molecule has 1 aliphatic heterocycles. The lowest BCUT2D eigenvalue weighted by molar-refractivity contribution is 0.102. The molecular weight excluding hydrogens is 340 g/mol. The average molecular weight is 360 g/mol. The molecule has 1 amide bonds. The molecule has 0 radical (unpaired) electrons. The number of amides is 1. The second-order valence-electron chi connectivity index (χ2n) is 6.33. The molecule has 2 heterocycles. The van der Waals surface area contributed by atoms with Gasteiger partial charge in [-0.3, -0.25) is 4.79 Å². The van der Waals surface area contributed by atoms with Crippen molar-refractivity contribution in [1.29, 1.82) is 0 Å². The molecule has 0 spiro atoms. The van der Waals surface area contributed by atoms with Gasteiger partial charge in [0, 0.05) is 17.9 Å². The maximum absolute atomic E-state index is 12.4. The van der Waals surface area contributed by atoms with Crippen molar-refractivity contribution in [3.05, 3.63) is 72.2 Å². The third kappa shape index (κ3) is 3.60. The van der Waals surface area contributed by atoms with Crippen LogP contribution in [0.4, 0.5) is 17.2 Å². The highest BCUT2D eigenvalue weighted by Crippen LogP contribution is 2.31. The minimum absolute atomic E-state index is 0.278. The van der Waals surface area contributed by atoms with Crippen LogP contribution in [-0.4, -0.2) is 29.5 Å². The van der Waals surface area contributed by atoms with Crippen molar-refractivity contribution < 1.29 is 9.53 Å². The Labute approximate surface area is 157 Å². The Morgan fingerprint density at radius 3 is 2.63 bits per heavy atom. The molecule has 0 atom stereocenters. The second kappa shape index (κ2) is 7.45. The van der Waals surface area contributed by atoms with Gasteiger partial charge >= 0.3 is 0 Å². The smallest absolute Gasteiger partial charge is 0.275 e. The summed E-state index contributed by atoms with van der Waals surface area (Å²) < 4.78 is 5.11. The van der Waals surface area contributed by atoms with Crippen LogP contribution in [0.2, 0.25) is 0 Å². The van der Waals surface area contributed by atoms with Gasteiger partial charge in [-0.25, -0.2) is 9.97 Å². The van der Waals surface area contributed by atoms with Gasteiger partial charge in [-0.05, 0) is 48.7 Å². The molecule has 6 heteroatoms. The first-order valence-corrected chi connectivity index (χ1v) is 8.87. The summed E-state index contributed by atoms with van der Waals surface area (Å²) >= 11 is 0. The van der Waals surface area contributed by atoms with E-state index in [1.165, 1.54) is 11.8 Å². The molecule has 4 rings (SSSR count). The number of aryl methyl sites for hydroxylation is 1. The number of para-hydroxylation sites is 1. The summed E-state index contributed by atoms with van der Waals surface area (Å²) in [5.74, 6) is 1.19. The normalized spacial score (nSPS) is 13.0. The van der Waals surface area contributed by atoms with E-state index in [9.17, 15) is 4.79 Å². The Morgan fingerprint density at radius 1 is 1.07 bits per heavy atom. The van der Waals surface area contributed by atoms with Crippen molar-refractivity contribution in [3.63, 3.8) is 0 Å². The molecule has 1 aromatic heterocycles. The number of anilines is 3. The summed E-state index contributed by atoms with van der Waals surface area (Å²) in [7, 11) is 1.60. The van der Waals surface area contributed by atoms with Crippen molar-refractivity contribution in [2.75, 3.05) is 23.9 Å². The molecule has 136 valence electrons. The van der Waals surface area contributed by atoms with Crippen LogP contribution in [0.25, 0.3) is 0 Å². The predicted molar refractivity (Wildman–Crippen MR) is 105 cm³/mol. The summed E-state index contributed by atoms with van der Waals surface area (Å²) in [5, 5.41) is 2.81. The molecule has 1 N–H and O–H groups in total. The summed E-state index contributed by atoms with van der Waals surface area (Å²) in [6, 6.07) is 15.5. The van der Waals surface area contributed by atoms with Crippen molar-refractivity contribution >= 4 is 23.1 Å². The molecular formula is C21H20N4O2. The number of carbonyl (C=O) groups is 1. The Hall–Kier alpha value is -3.41. The molecule has 0 bridgehead atoms. The van der Waals surface area contributed by atoms with Gasteiger partial charge in [0.25, 0.3) is 5.91 Å². The summed E-state index contributed by atoms with van der Waals surface area (Å²) in [5.41, 5.74) is 3.43. The van der Waals surface area contributed by atoms with Crippen LogP contribution < -0.4 is 15.0 Å². The zero-order valence-electron chi connectivity index (χ0n) is 15.1. The van der Waals surface area contributed by atoms with Crippen molar-refractivity contribution in [3.8, 4) is 5.75 Å². The topological polar surface area (TPSA) is 67.3 Å². The highest BCUT2D eigenvalue weighted by Gasteiger charge is 2.19. The summed E-state index contributed by atoms with van der Waals surface area (Å²) in [4.78, 5) is 23.3. The van der Waals surface area contributed by atoms with Gasteiger partial charge in [0.15, 0.2) is 5.82 Å². The van der Waals surface area contributed by atoms with Crippen LogP contribution in [0.15, 0.2) is 60.9 Å². The number of hydrogen-bond acceptors (Lipinski definition) is 5. The number of aromatic nitrogens is 2. The standard InChI is InChI=1S/C21H20N4O2/c1-27-17-10-8-16(9-11-17)24-21(26)18-13-23-20(14-22-18)25-12-4-6-15-5-2-3-7-19(15)25/h2-3,5,7-11,13-14H,4,6,12H2,1H3,(H,24,26). The third-order valence-corrected chi connectivity index (χ3v) is 4.61. The maximum atomic E-state index is 12.4. The summed E-state index contributed by atoms with van der Waals surface area (Å²) in [6.45, 7) is 0.892. The van der Waals surface area contributed by atoms with E-state index in [1.807, 2.05) is 6.07 Å². The van der Waals surface area contributed by atoms with Gasteiger partial charge in [-0.15, -0.1) is 0 Å². The van der Waals surface area contributed by atoms with E-state index in [-0.39, 0.29) is 11.6 Å². The lowest BCUT2D eigenvalue weighted by Gasteiger charge is -2.30. The number of carbonyl (C=O) groups excluding carboxylic acids is 1. The minimum atomic E-state index is -0.293. The first-order valence-electron chi connectivity index (χ1n) is 8.87. The van der Waals surface area contributed by atoms with E-state index in [4.69, 9.17) is 4.74 Å². The van der Waals surface area contributed by atoms with Crippen LogP contribution >= 0.6 is 0 Å². The zero-order valence-corrected chi connectivity index (χ0v) is 15.1. The summed E-state index contributed by atoms with van der Waals surface area (Å²) in [6.07, 6.45) is 5.32. The van der Waals surface area contributed by atoms with Gasteiger partial charge in [-0.2, -0.15) is 0 Å². The van der Waals surface area contributed by atoms with E-state index >= 15 is 0 Å². The molecule has 0 saturated carbocycles. The second-order valence-corrected chi connectivity index (χ2v) is 6.33. The van der Waals surface area contributed by atoms with Crippen molar-refractivity contribution in [2.24, 2.45) is 0 Å². The molecule has 2 aromatic carbocycles. The molecule has 6 nitrogen and oxygen atoms in total. The number of nitrogens with one attached hydrogen (secondary N) is 1. The highest BCUT2D eigenvalue weighted by molar-refractivity contribution is 6.02. The van der Waals surface area contributed by atoms with Crippen LogP contribution in [0.5, 0.6) is 5.75 Å². The van der Waals surface area contributed by atoms with Gasteiger partial charge in [0.1, 0.15) is 11.4 Å². The number of hydrogen-bond donors (Lipinski definition) is 1. The monoisotopic (exact) mass is 360 g/mol. The quantitative estimate of drug-likeness (QED) is 0.766. The van der Waals surface area contributed by atoms with Gasteiger partial charge in [0.2, 0.25) is 0 Å². The van der Waals surface area contributed by atoms with Crippen LogP contribution in [0.3, 0.4) is 0 Å². The fourth-order valence-electron chi connectivity index (χ4n) is 3.22. The molecule has 1 aliphatic rings. The fraction of sp³-hybridized carbons (Fsp3) is 0.190. The lowest BCUT2D eigenvalue weighted by atomic mass is 10.0. The van der Waals surface area contributed by atoms with Crippen LogP contribution in [0.1, 0.15) is 22.5 Å². The first-order chi connectivity index (χ1) is 13.2. The molecule has 0 unspecified atom stereocenters. The average Bonchev–Trinajstić information content (AvgIpc) is 2.74. The van der Waals surface area contributed by atoms with Gasteiger partial charge in [0.05, 0.1) is 19.5 Å². The lowest BCUT2D eigenvalue weighted by Crippen LogP contribution is -2.25. The SMILES string of the molecule is COc1ccc(NC(=O)c2cnc(N3CCCc4ccccc43)cn2)cc1. The Balaban J connectivity index is 1.50. The number of benzene rings is 2. The number of fused-ring (bicyclic) bond motifs is 1. The number of ether oxygens (including phenoxy) is 1. The fourth-order valence-corrected chi connectivity index (χ4v) is 3.22. The van der Waals surface area contributed by atoms with Gasteiger partial charge in [-0.1, -0.05) is 18.2 Å². The van der Waals surface area contributed by atoms with E-state index in [0.29, 0.717) is 5.69 Å². The van der Waals surface area contributed by atoms with Crippen molar-refractivity contribution in [1.82, 2.24) is 9.97 Å². The Kier molecular flexibility index (Phi) is 4.70. The van der Waals surface area contributed by atoms with Crippen LogP contribution in [0, 0.1) is 0 Å². The predicted octanol–water partition coefficient (Wildman–Crippen LogP) is 3.82. The van der Waals surface area contributed by atoms with E-state index < -0.39 is 0 Å². The first kappa shape index (κ1) is 17.0. The number of nitrogens with zero attached hydrogens (tertiary/aromatic N) is 3. The number of methoxy groups -OCH3 is 1. The number of rotatable bonds is 4. The molecule has 27 heavy (non-hydrogen) atoms. The van der Waals surface area contributed by atoms with Crippen molar-refractivity contribution in [2.45, 2.75) is 12.8 Å². The van der Waals surface area contributed by atoms with Gasteiger partial charge < -0.3 is 15.0 Å². The Bertz CT molecular complexity index is 939. The van der Waals surface area contributed by atoms with E-state index in [0.717, 1.165) is 36.6 Å². The maximum Gasteiger partial charge on any atom is 0.275 e. The molecule has 0 aliphatic carbocycles. The van der Waals surface area contributed by atoms with Crippen LogP contribution in [-0.2, 0) is 6.42 Å². The highest BCUT2D eigenvalue weighted by atomic mass is 16.5. The Morgan fingerprint density at radius 2 is 1.89 bits per heavy atom. The molecule has 3 aromatic rings. The molecule has 0 saturated heterocycles. The largest absolute Gasteiger partial charge is 0.497 e. The minimum Gasteiger partial charge on any atom is -0.497 e. The van der Waals surface area contributed by atoms with E-state index in [2.05, 4.69) is 38.4 Å². The van der Waals surface area contributed by atoms with E-state index in [1.54, 1.807) is 37.6 Å². The third-order valence-electron chi connectivity index (χ3n) is 4.61. The molecule has 0 fully saturated rings.